The first kappa shape index (κ1) is 10.4. The second kappa shape index (κ2) is 4.55. The Bertz CT molecular complexity index is 328. The summed E-state index contributed by atoms with van der Waals surface area (Å²) in [5, 5.41) is 2.35. The minimum Gasteiger partial charge on any atom is -0.447 e. The Balaban J connectivity index is 2.56. The second-order valence-corrected chi connectivity index (χ2v) is 2.97. The third-order valence-corrected chi connectivity index (χ3v) is 1.29. The molecule has 0 fully saturated rings. The van der Waals surface area contributed by atoms with Crippen molar-refractivity contribution in [2.75, 3.05) is 5.32 Å². The first-order valence-electron chi connectivity index (χ1n) is 4.16. The van der Waals surface area contributed by atoms with Crippen molar-refractivity contribution in [1.29, 1.82) is 0 Å². The number of carbonyl (C=O) groups excluding carboxylic acids is 1. The lowest BCUT2D eigenvalue weighted by Crippen LogP contribution is -2.18. The van der Waals surface area contributed by atoms with E-state index >= 15 is 0 Å². The van der Waals surface area contributed by atoms with Gasteiger partial charge in [-0.1, -0.05) is 0 Å². The fourth-order valence-electron chi connectivity index (χ4n) is 0.842. The van der Waals surface area contributed by atoms with Crippen molar-refractivity contribution < 1.29 is 13.9 Å². The van der Waals surface area contributed by atoms with E-state index in [1.54, 1.807) is 13.8 Å². The van der Waals surface area contributed by atoms with Crippen LogP contribution < -0.4 is 5.32 Å². The molecule has 0 saturated carbocycles. The fraction of sp³-hybridized carbons (Fsp3) is 0.333. The molecule has 14 heavy (non-hydrogen) atoms. The largest absolute Gasteiger partial charge is 0.447 e. The number of anilines is 1. The van der Waals surface area contributed by atoms with Crippen LogP contribution in [0.4, 0.5) is 14.9 Å². The van der Waals surface area contributed by atoms with Crippen LogP contribution in [0.15, 0.2) is 18.5 Å². The molecule has 76 valence electrons. The van der Waals surface area contributed by atoms with Crippen molar-refractivity contribution in [2.45, 2.75) is 20.0 Å². The molecule has 1 aromatic heterocycles. The molecule has 0 aliphatic rings. The molecule has 0 saturated heterocycles. The van der Waals surface area contributed by atoms with E-state index in [0.717, 1.165) is 12.3 Å². The zero-order valence-corrected chi connectivity index (χ0v) is 7.95. The quantitative estimate of drug-likeness (QED) is 0.792. The summed E-state index contributed by atoms with van der Waals surface area (Å²) in [7, 11) is 0. The van der Waals surface area contributed by atoms with Crippen LogP contribution in [0.5, 0.6) is 0 Å². The molecule has 0 aromatic carbocycles. The van der Waals surface area contributed by atoms with Crippen molar-refractivity contribution in [2.24, 2.45) is 0 Å². The van der Waals surface area contributed by atoms with Gasteiger partial charge in [0.05, 0.1) is 24.2 Å². The molecular weight excluding hydrogens is 187 g/mol. The van der Waals surface area contributed by atoms with Crippen molar-refractivity contribution in [3.63, 3.8) is 0 Å². The van der Waals surface area contributed by atoms with Crippen molar-refractivity contribution >= 4 is 11.8 Å². The molecular formula is C9H11FN2O2. The highest BCUT2D eigenvalue weighted by Crippen LogP contribution is 2.07. The Morgan fingerprint density at radius 3 is 2.86 bits per heavy atom. The number of ether oxygens (including phenoxy) is 1. The minimum absolute atomic E-state index is 0.212. The van der Waals surface area contributed by atoms with Gasteiger partial charge in [0, 0.05) is 6.07 Å². The van der Waals surface area contributed by atoms with E-state index in [9.17, 15) is 9.18 Å². The number of nitrogens with zero attached hydrogens (tertiary/aromatic N) is 1. The average Bonchev–Trinajstić information content (AvgIpc) is 2.01. The van der Waals surface area contributed by atoms with Crippen molar-refractivity contribution in [3.8, 4) is 0 Å². The standard InChI is InChI=1S/C9H11FN2O2/c1-6(2)14-9(13)12-8-3-7(10)4-11-5-8/h3-6H,1-2H3,(H,12,13). The van der Waals surface area contributed by atoms with Gasteiger partial charge in [-0.3, -0.25) is 10.3 Å². The van der Waals surface area contributed by atoms with Gasteiger partial charge in [-0.2, -0.15) is 0 Å². The molecule has 1 rings (SSSR count). The zero-order valence-electron chi connectivity index (χ0n) is 7.95. The van der Waals surface area contributed by atoms with Gasteiger partial charge in [-0.15, -0.1) is 0 Å². The monoisotopic (exact) mass is 198 g/mol. The van der Waals surface area contributed by atoms with Crippen molar-refractivity contribution in [3.05, 3.63) is 24.3 Å². The van der Waals surface area contributed by atoms with Crippen LogP contribution in [0.1, 0.15) is 13.8 Å². The number of pyridine rings is 1. The van der Waals surface area contributed by atoms with E-state index in [4.69, 9.17) is 4.74 Å². The molecule has 1 N–H and O–H groups in total. The van der Waals surface area contributed by atoms with E-state index in [2.05, 4.69) is 10.3 Å². The minimum atomic E-state index is -0.618. The Hall–Kier alpha value is -1.65. The van der Waals surface area contributed by atoms with E-state index in [0.29, 0.717) is 0 Å². The van der Waals surface area contributed by atoms with Crippen LogP contribution in [-0.4, -0.2) is 17.2 Å². The van der Waals surface area contributed by atoms with Gasteiger partial charge in [-0.25, -0.2) is 9.18 Å². The normalized spacial score (nSPS) is 10.0. The molecule has 0 spiro atoms. The highest BCUT2D eigenvalue weighted by Gasteiger charge is 2.05. The maximum absolute atomic E-state index is 12.6. The van der Waals surface area contributed by atoms with Gasteiger partial charge >= 0.3 is 6.09 Å². The van der Waals surface area contributed by atoms with Crippen LogP contribution in [0.2, 0.25) is 0 Å². The third-order valence-electron chi connectivity index (χ3n) is 1.29. The molecule has 0 bridgehead atoms. The van der Waals surface area contributed by atoms with Crippen LogP contribution in [0.25, 0.3) is 0 Å². The number of halogens is 1. The zero-order chi connectivity index (χ0) is 10.6. The summed E-state index contributed by atoms with van der Waals surface area (Å²) in [6.07, 6.45) is 1.56. The highest BCUT2D eigenvalue weighted by atomic mass is 19.1. The van der Waals surface area contributed by atoms with Crippen LogP contribution in [-0.2, 0) is 4.74 Å². The number of hydrogen-bond donors (Lipinski definition) is 1. The summed E-state index contributed by atoms with van der Waals surface area (Å²) < 4.78 is 17.4. The molecule has 0 aliphatic heterocycles. The number of amides is 1. The fourth-order valence-corrected chi connectivity index (χ4v) is 0.842. The van der Waals surface area contributed by atoms with Gasteiger partial charge in [0.2, 0.25) is 0 Å². The molecule has 1 heterocycles. The van der Waals surface area contributed by atoms with E-state index < -0.39 is 11.9 Å². The summed E-state index contributed by atoms with van der Waals surface area (Å²) >= 11 is 0. The topological polar surface area (TPSA) is 51.2 Å². The second-order valence-electron chi connectivity index (χ2n) is 2.97. The molecule has 4 nitrogen and oxygen atoms in total. The van der Waals surface area contributed by atoms with Crippen LogP contribution in [0.3, 0.4) is 0 Å². The predicted octanol–water partition coefficient (Wildman–Crippen LogP) is 2.18. The summed E-state index contributed by atoms with van der Waals surface area (Å²) in [6.45, 7) is 3.45. The summed E-state index contributed by atoms with van der Waals surface area (Å²) in [5.41, 5.74) is 0.274. The van der Waals surface area contributed by atoms with Gasteiger partial charge in [0.1, 0.15) is 5.82 Å². The van der Waals surface area contributed by atoms with Gasteiger partial charge in [0.15, 0.2) is 0 Å². The maximum atomic E-state index is 12.6. The molecule has 5 heteroatoms. The molecule has 0 atom stereocenters. The lowest BCUT2D eigenvalue weighted by molar-refractivity contribution is 0.130. The Morgan fingerprint density at radius 1 is 1.57 bits per heavy atom. The molecule has 1 aromatic rings. The third kappa shape index (κ3) is 3.38. The lowest BCUT2D eigenvalue weighted by atomic mass is 10.4. The lowest BCUT2D eigenvalue weighted by Gasteiger charge is -2.08. The first-order valence-corrected chi connectivity index (χ1v) is 4.16. The average molecular weight is 198 g/mol. The van der Waals surface area contributed by atoms with Crippen LogP contribution >= 0.6 is 0 Å². The maximum Gasteiger partial charge on any atom is 0.411 e. The molecule has 0 radical (unpaired) electrons. The Kier molecular flexibility index (Phi) is 3.39. The first-order chi connectivity index (χ1) is 6.58. The van der Waals surface area contributed by atoms with E-state index in [1.807, 2.05) is 0 Å². The SMILES string of the molecule is CC(C)OC(=O)Nc1cncc(F)c1. The number of rotatable bonds is 2. The number of nitrogens with one attached hydrogen (secondary N) is 1. The molecule has 0 aliphatic carbocycles. The number of aromatic nitrogens is 1. The highest BCUT2D eigenvalue weighted by molar-refractivity contribution is 5.84. The van der Waals surface area contributed by atoms with Crippen LogP contribution in [0, 0.1) is 5.82 Å². The van der Waals surface area contributed by atoms with Gasteiger partial charge in [-0.05, 0) is 13.8 Å². The molecule has 1 amide bonds. The molecule has 0 unspecified atom stereocenters. The number of hydrogen-bond acceptors (Lipinski definition) is 3. The predicted molar refractivity (Wildman–Crippen MR) is 49.4 cm³/mol. The Labute approximate surface area is 81.1 Å². The van der Waals surface area contributed by atoms with E-state index in [1.165, 1.54) is 6.20 Å². The van der Waals surface area contributed by atoms with Gasteiger partial charge < -0.3 is 4.74 Å². The van der Waals surface area contributed by atoms with E-state index in [-0.39, 0.29) is 11.8 Å². The summed E-state index contributed by atoms with van der Waals surface area (Å²) in [5.74, 6) is -0.507. The van der Waals surface area contributed by atoms with Crippen molar-refractivity contribution in [1.82, 2.24) is 4.98 Å². The summed E-state index contributed by atoms with van der Waals surface area (Å²) in [4.78, 5) is 14.6. The smallest absolute Gasteiger partial charge is 0.411 e. The number of carbonyl (C=O) groups is 1. The summed E-state index contributed by atoms with van der Waals surface area (Å²) in [6, 6.07) is 1.16. The van der Waals surface area contributed by atoms with Gasteiger partial charge in [0.25, 0.3) is 0 Å². The Morgan fingerprint density at radius 2 is 2.29 bits per heavy atom.